The van der Waals surface area contributed by atoms with Crippen LogP contribution in [-0.2, 0) is 0 Å². The highest BCUT2D eigenvalue weighted by molar-refractivity contribution is 5.96. The van der Waals surface area contributed by atoms with E-state index >= 15 is 0 Å². The van der Waals surface area contributed by atoms with E-state index in [9.17, 15) is 4.79 Å². The van der Waals surface area contributed by atoms with E-state index in [0.717, 1.165) is 67.9 Å². The van der Waals surface area contributed by atoms with Gasteiger partial charge in [0.1, 0.15) is 17.2 Å². The first-order valence-electron chi connectivity index (χ1n) is 15.2. The number of hydrogen-bond acceptors (Lipinski definition) is 5. The Morgan fingerprint density at radius 1 is 0.951 bits per heavy atom. The van der Waals surface area contributed by atoms with Gasteiger partial charge in [-0.3, -0.25) is 9.69 Å². The first-order valence-corrected chi connectivity index (χ1v) is 15.2. The highest BCUT2D eigenvalue weighted by atomic mass is 16.5. The van der Waals surface area contributed by atoms with E-state index in [1.807, 2.05) is 45.9 Å². The van der Waals surface area contributed by atoms with Crippen molar-refractivity contribution in [3.8, 4) is 22.8 Å². The number of carbonyl (C=O) groups is 1. The average molecular weight is 561 g/mol. The largest absolute Gasteiger partial charge is 0.497 e. The monoisotopic (exact) mass is 560 g/mol. The second-order valence-electron chi connectivity index (χ2n) is 12.0. The lowest BCUT2D eigenvalue weighted by Gasteiger charge is -2.25. The minimum absolute atomic E-state index is 0.0860. The fourth-order valence-electron chi connectivity index (χ4n) is 5.31. The molecule has 0 radical (unpaired) electrons. The van der Waals surface area contributed by atoms with Crippen molar-refractivity contribution in [2.75, 3.05) is 46.9 Å². The minimum Gasteiger partial charge on any atom is -0.497 e. The summed E-state index contributed by atoms with van der Waals surface area (Å²) in [4.78, 5) is 18.4. The van der Waals surface area contributed by atoms with Gasteiger partial charge in [-0.05, 0) is 74.9 Å². The van der Waals surface area contributed by atoms with Gasteiger partial charge >= 0.3 is 0 Å². The first-order chi connectivity index (χ1) is 19.8. The average Bonchev–Trinajstić information content (AvgIpc) is 3.34. The van der Waals surface area contributed by atoms with Gasteiger partial charge in [-0.25, -0.2) is 4.52 Å². The summed E-state index contributed by atoms with van der Waals surface area (Å²) < 4.78 is 13.0. The summed E-state index contributed by atoms with van der Waals surface area (Å²) >= 11 is 0. The van der Waals surface area contributed by atoms with E-state index in [1.54, 1.807) is 14.2 Å². The van der Waals surface area contributed by atoms with Crippen molar-refractivity contribution in [1.29, 1.82) is 0 Å². The molecule has 1 aliphatic rings. The Hall–Kier alpha value is -3.32. The Morgan fingerprint density at radius 3 is 2.17 bits per heavy atom. The van der Waals surface area contributed by atoms with Crippen LogP contribution in [0.1, 0.15) is 75.7 Å². The molecule has 3 heterocycles. The van der Waals surface area contributed by atoms with Gasteiger partial charge in [-0.2, -0.15) is 5.10 Å². The van der Waals surface area contributed by atoms with Gasteiger partial charge < -0.3 is 14.4 Å². The zero-order valence-corrected chi connectivity index (χ0v) is 25.9. The maximum absolute atomic E-state index is 13.8. The van der Waals surface area contributed by atoms with Crippen LogP contribution >= 0.6 is 0 Å². The van der Waals surface area contributed by atoms with Crippen molar-refractivity contribution in [1.82, 2.24) is 19.4 Å². The molecule has 0 saturated carbocycles. The fraction of sp³-hybridized carbons (Fsp3) is 0.529. The first kappa shape index (κ1) is 30.6. The molecule has 1 saturated heterocycles. The number of rotatable bonds is 13. The number of piperidine rings is 1. The Morgan fingerprint density at radius 2 is 1.59 bits per heavy atom. The number of aromatic nitrogens is 2. The van der Waals surface area contributed by atoms with Crippen molar-refractivity contribution in [2.45, 2.75) is 59.8 Å². The second kappa shape index (κ2) is 14.5. The Labute approximate surface area is 246 Å². The zero-order chi connectivity index (χ0) is 29.4. The summed E-state index contributed by atoms with van der Waals surface area (Å²) in [5, 5.41) is 4.98. The maximum Gasteiger partial charge on any atom is 0.253 e. The van der Waals surface area contributed by atoms with E-state index < -0.39 is 0 Å². The van der Waals surface area contributed by atoms with Crippen LogP contribution in [0.25, 0.3) is 22.9 Å². The molecule has 1 aromatic carbocycles. The van der Waals surface area contributed by atoms with Gasteiger partial charge in [0.25, 0.3) is 5.91 Å². The molecule has 0 spiro atoms. The van der Waals surface area contributed by atoms with Crippen molar-refractivity contribution < 1.29 is 14.3 Å². The van der Waals surface area contributed by atoms with Crippen LogP contribution in [0.2, 0.25) is 0 Å². The number of amides is 1. The van der Waals surface area contributed by atoms with Crippen LogP contribution in [0.4, 0.5) is 0 Å². The number of nitrogens with zero attached hydrogens (tertiary/aromatic N) is 4. The van der Waals surface area contributed by atoms with Gasteiger partial charge in [0.15, 0.2) is 0 Å². The SMILES string of the molecule is COc1cc(OC)cc(-c2nn3ccc(C(=O)N(CCC(C)C)CCC(C)C)cc3c2C=CCN2CCCCC2)c1. The summed E-state index contributed by atoms with van der Waals surface area (Å²) in [6, 6.07) is 9.74. The van der Waals surface area contributed by atoms with E-state index in [1.165, 1.54) is 19.3 Å². The highest BCUT2D eigenvalue weighted by Gasteiger charge is 2.20. The molecule has 7 heteroatoms. The summed E-state index contributed by atoms with van der Waals surface area (Å²) in [5.74, 6) is 2.59. The van der Waals surface area contributed by atoms with Gasteiger partial charge in [0, 0.05) is 48.6 Å². The molecule has 0 atom stereocenters. The van der Waals surface area contributed by atoms with Gasteiger partial charge in [0.05, 0.1) is 19.7 Å². The van der Waals surface area contributed by atoms with Crippen molar-refractivity contribution >= 4 is 17.5 Å². The van der Waals surface area contributed by atoms with Crippen LogP contribution in [0.3, 0.4) is 0 Å². The molecule has 1 fully saturated rings. The normalized spacial score (nSPS) is 14.4. The third-order valence-corrected chi connectivity index (χ3v) is 7.88. The molecule has 1 aliphatic heterocycles. The van der Waals surface area contributed by atoms with Crippen molar-refractivity contribution in [3.63, 3.8) is 0 Å². The number of pyridine rings is 1. The molecule has 0 N–H and O–H groups in total. The number of ether oxygens (including phenoxy) is 2. The lowest BCUT2D eigenvalue weighted by Crippen LogP contribution is -2.34. The topological polar surface area (TPSA) is 59.3 Å². The molecule has 3 aromatic rings. The molecule has 0 aliphatic carbocycles. The number of likely N-dealkylation sites (tertiary alicyclic amines) is 1. The predicted molar refractivity (Wildman–Crippen MR) is 168 cm³/mol. The van der Waals surface area contributed by atoms with Crippen LogP contribution < -0.4 is 9.47 Å². The van der Waals surface area contributed by atoms with Crippen molar-refractivity contribution in [3.05, 3.63) is 53.7 Å². The quantitative estimate of drug-likeness (QED) is 0.224. The summed E-state index contributed by atoms with van der Waals surface area (Å²) in [6.45, 7) is 13.6. The summed E-state index contributed by atoms with van der Waals surface area (Å²) in [5.41, 5.74) is 4.34. The third-order valence-electron chi connectivity index (χ3n) is 7.88. The molecule has 1 amide bonds. The molecule has 41 heavy (non-hydrogen) atoms. The van der Waals surface area contributed by atoms with Gasteiger partial charge in [-0.1, -0.05) is 46.3 Å². The number of fused-ring (bicyclic) bond motifs is 1. The number of hydrogen-bond donors (Lipinski definition) is 0. The van der Waals surface area contributed by atoms with Crippen molar-refractivity contribution in [2.24, 2.45) is 11.8 Å². The lowest BCUT2D eigenvalue weighted by molar-refractivity contribution is 0.0741. The van der Waals surface area contributed by atoms with Crippen LogP contribution in [0.15, 0.2) is 42.6 Å². The second-order valence-corrected chi connectivity index (χ2v) is 12.0. The summed E-state index contributed by atoms with van der Waals surface area (Å²) in [6.07, 6.45) is 12.1. The Bertz CT molecular complexity index is 1290. The molecular formula is C34H48N4O3. The molecule has 0 bridgehead atoms. The van der Waals surface area contributed by atoms with Gasteiger partial charge in [-0.15, -0.1) is 0 Å². The number of methoxy groups -OCH3 is 2. The smallest absolute Gasteiger partial charge is 0.253 e. The van der Waals surface area contributed by atoms with E-state index in [0.29, 0.717) is 28.9 Å². The Kier molecular flexibility index (Phi) is 10.9. The van der Waals surface area contributed by atoms with E-state index in [2.05, 4.69) is 44.7 Å². The molecule has 7 nitrogen and oxygen atoms in total. The standard InChI is InChI=1S/C34H48N4O3/c1-25(2)12-18-37(19-13-26(3)4)34(39)27-14-20-38-32(23-27)31(11-10-17-36-15-8-7-9-16-36)33(35-38)28-21-29(40-5)24-30(22-28)41-6/h10-11,14,20-26H,7-9,12-13,15-19H2,1-6H3. The minimum atomic E-state index is 0.0860. The molecular weight excluding hydrogens is 512 g/mol. The van der Waals surface area contributed by atoms with Gasteiger partial charge in [0.2, 0.25) is 0 Å². The maximum atomic E-state index is 13.8. The van der Waals surface area contributed by atoms with Crippen LogP contribution in [0, 0.1) is 11.8 Å². The van der Waals surface area contributed by atoms with E-state index in [4.69, 9.17) is 14.6 Å². The molecule has 4 rings (SSSR count). The highest BCUT2D eigenvalue weighted by Crippen LogP contribution is 2.34. The predicted octanol–water partition coefficient (Wildman–Crippen LogP) is 7.05. The fourth-order valence-corrected chi connectivity index (χ4v) is 5.31. The third kappa shape index (κ3) is 8.13. The van der Waals surface area contributed by atoms with Crippen LogP contribution in [-0.4, -0.2) is 72.3 Å². The number of carbonyl (C=O) groups excluding carboxylic acids is 1. The molecule has 222 valence electrons. The molecule has 0 unspecified atom stereocenters. The lowest BCUT2D eigenvalue weighted by atomic mass is 10.0. The number of benzene rings is 1. The summed E-state index contributed by atoms with van der Waals surface area (Å²) in [7, 11) is 3.31. The molecule has 2 aromatic heterocycles. The van der Waals surface area contributed by atoms with E-state index in [-0.39, 0.29) is 5.91 Å². The Balaban J connectivity index is 1.75. The van der Waals surface area contributed by atoms with Crippen LogP contribution in [0.5, 0.6) is 11.5 Å². The zero-order valence-electron chi connectivity index (χ0n) is 25.9.